The second-order valence-electron chi connectivity index (χ2n) is 6.74. The number of aryl methyl sites for hydroxylation is 2. The van der Waals surface area contributed by atoms with E-state index in [1.165, 1.54) is 4.90 Å². The third-order valence-electron chi connectivity index (χ3n) is 4.35. The molecule has 0 saturated carbocycles. The maximum Gasteiger partial charge on any atom is 0.230 e. The molecule has 2 aromatic rings. The number of oxime groups is 1. The molecule has 1 heterocycles. The van der Waals surface area contributed by atoms with Gasteiger partial charge in [-0.15, -0.1) is 11.8 Å². The predicted octanol–water partition coefficient (Wildman–Crippen LogP) is 4.71. The summed E-state index contributed by atoms with van der Waals surface area (Å²) in [5, 5.41) is 13.4. The van der Waals surface area contributed by atoms with Crippen molar-refractivity contribution in [3.63, 3.8) is 0 Å². The third-order valence-corrected chi connectivity index (χ3v) is 5.25. The van der Waals surface area contributed by atoms with Crippen molar-refractivity contribution in [1.82, 2.24) is 9.88 Å². The highest BCUT2D eigenvalue weighted by atomic mass is 32.2. The van der Waals surface area contributed by atoms with Crippen LogP contribution in [0.4, 0.5) is 0 Å². The van der Waals surface area contributed by atoms with E-state index in [9.17, 15) is 5.21 Å². The standard InChI is InChI=1S/C21H29N3O3S/c1-14(2)24(11-12-26-5)20(23-25)18-9-7-16(4)22-21(18)27-17-8-10-19(28-6)15(3)13-17/h7-10,13-14,25H,11-12H2,1-6H3/b23-20-. The first kappa shape index (κ1) is 22.0. The first-order valence-electron chi connectivity index (χ1n) is 9.19. The smallest absolute Gasteiger partial charge is 0.230 e. The van der Waals surface area contributed by atoms with Crippen LogP contribution in [0, 0.1) is 13.8 Å². The minimum absolute atomic E-state index is 0.110. The lowest BCUT2D eigenvalue weighted by atomic mass is 10.1. The Morgan fingerprint density at radius 1 is 1.25 bits per heavy atom. The maximum atomic E-state index is 9.79. The number of amidine groups is 1. The molecule has 0 saturated heterocycles. The second-order valence-corrected chi connectivity index (χ2v) is 7.59. The molecule has 0 aliphatic heterocycles. The van der Waals surface area contributed by atoms with Crippen LogP contribution in [0.3, 0.4) is 0 Å². The Kier molecular flexibility index (Phi) is 8.14. The summed E-state index contributed by atoms with van der Waals surface area (Å²) in [5.41, 5.74) is 2.59. The van der Waals surface area contributed by atoms with E-state index < -0.39 is 0 Å². The molecule has 0 amide bonds. The van der Waals surface area contributed by atoms with Crippen LogP contribution >= 0.6 is 11.8 Å². The zero-order chi connectivity index (χ0) is 20.7. The van der Waals surface area contributed by atoms with Crippen molar-refractivity contribution in [2.75, 3.05) is 26.5 Å². The summed E-state index contributed by atoms with van der Waals surface area (Å²) in [7, 11) is 1.65. The fourth-order valence-electron chi connectivity index (χ4n) is 2.87. The van der Waals surface area contributed by atoms with Crippen molar-refractivity contribution < 1.29 is 14.7 Å². The molecule has 152 valence electrons. The fraction of sp³-hybridized carbons (Fsp3) is 0.429. The molecule has 0 radical (unpaired) electrons. The molecule has 2 rings (SSSR count). The molecule has 6 nitrogen and oxygen atoms in total. The Labute approximate surface area is 171 Å². The summed E-state index contributed by atoms with van der Waals surface area (Å²) in [6.07, 6.45) is 2.05. The summed E-state index contributed by atoms with van der Waals surface area (Å²) < 4.78 is 11.3. The van der Waals surface area contributed by atoms with E-state index in [2.05, 4.69) is 17.1 Å². The lowest BCUT2D eigenvalue weighted by Crippen LogP contribution is -2.40. The minimum Gasteiger partial charge on any atom is -0.438 e. The molecular weight excluding hydrogens is 374 g/mol. The van der Waals surface area contributed by atoms with Crippen LogP contribution in [0.2, 0.25) is 0 Å². The van der Waals surface area contributed by atoms with Gasteiger partial charge in [-0.2, -0.15) is 0 Å². The molecule has 28 heavy (non-hydrogen) atoms. The zero-order valence-electron chi connectivity index (χ0n) is 17.4. The first-order chi connectivity index (χ1) is 13.4. The van der Waals surface area contributed by atoms with Crippen molar-refractivity contribution in [1.29, 1.82) is 0 Å². The fourth-order valence-corrected chi connectivity index (χ4v) is 3.46. The molecule has 0 spiro atoms. The van der Waals surface area contributed by atoms with Crippen LogP contribution in [0.1, 0.15) is 30.7 Å². The molecule has 0 aliphatic carbocycles. The Bertz CT molecular complexity index is 825. The van der Waals surface area contributed by atoms with Gasteiger partial charge in [-0.3, -0.25) is 0 Å². The summed E-state index contributed by atoms with van der Waals surface area (Å²) in [5.74, 6) is 1.51. The average molecular weight is 404 g/mol. The molecule has 1 N–H and O–H groups in total. The molecule has 1 aromatic carbocycles. The molecule has 1 aromatic heterocycles. The highest BCUT2D eigenvalue weighted by Gasteiger charge is 2.22. The Morgan fingerprint density at radius 2 is 2.00 bits per heavy atom. The van der Waals surface area contributed by atoms with Crippen LogP contribution < -0.4 is 4.74 Å². The van der Waals surface area contributed by atoms with Gasteiger partial charge in [0.15, 0.2) is 5.84 Å². The van der Waals surface area contributed by atoms with Gasteiger partial charge in [0.2, 0.25) is 5.88 Å². The zero-order valence-corrected chi connectivity index (χ0v) is 18.2. The van der Waals surface area contributed by atoms with Gasteiger partial charge < -0.3 is 19.6 Å². The molecule has 0 atom stereocenters. The van der Waals surface area contributed by atoms with E-state index in [-0.39, 0.29) is 6.04 Å². The summed E-state index contributed by atoms with van der Waals surface area (Å²) in [6.45, 7) is 9.13. The van der Waals surface area contributed by atoms with Gasteiger partial charge >= 0.3 is 0 Å². The van der Waals surface area contributed by atoms with E-state index in [0.29, 0.717) is 36.2 Å². The van der Waals surface area contributed by atoms with Crippen molar-refractivity contribution in [3.05, 3.63) is 47.2 Å². The highest BCUT2D eigenvalue weighted by Crippen LogP contribution is 2.29. The SMILES string of the molecule is COCCN(/C(=N\O)c1ccc(C)nc1Oc1ccc(SC)c(C)c1)C(C)C. The number of ether oxygens (including phenoxy) is 2. The van der Waals surface area contributed by atoms with E-state index in [0.717, 1.165) is 11.3 Å². The van der Waals surface area contributed by atoms with Gasteiger partial charge in [-0.05, 0) is 69.8 Å². The normalized spacial score (nSPS) is 11.8. The van der Waals surface area contributed by atoms with Crippen molar-refractivity contribution in [2.24, 2.45) is 5.16 Å². The summed E-state index contributed by atoms with van der Waals surface area (Å²) in [4.78, 5) is 7.72. The topological polar surface area (TPSA) is 67.2 Å². The van der Waals surface area contributed by atoms with Gasteiger partial charge in [-0.1, -0.05) is 5.16 Å². The van der Waals surface area contributed by atoms with Crippen LogP contribution in [-0.4, -0.2) is 53.5 Å². The van der Waals surface area contributed by atoms with Crippen molar-refractivity contribution in [2.45, 2.75) is 38.6 Å². The Morgan fingerprint density at radius 3 is 2.57 bits per heavy atom. The van der Waals surface area contributed by atoms with Crippen molar-refractivity contribution >= 4 is 17.6 Å². The Balaban J connectivity index is 2.43. The minimum atomic E-state index is 0.110. The maximum absolute atomic E-state index is 9.79. The van der Waals surface area contributed by atoms with Gasteiger partial charge in [0.05, 0.1) is 12.2 Å². The van der Waals surface area contributed by atoms with Crippen LogP contribution in [0.15, 0.2) is 40.4 Å². The average Bonchev–Trinajstić information content (AvgIpc) is 2.66. The summed E-state index contributed by atoms with van der Waals surface area (Å²) in [6, 6.07) is 9.81. The van der Waals surface area contributed by atoms with Crippen LogP contribution in [-0.2, 0) is 4.74 Å². The molecular formula is C21H29N3O3S. The third kappa shape index (κ3) is 5.39. The van der Waals surface area contributed by atoms with Gasteiger partial charge in [0, 0.05) is 30.3 Å². The number of rotatable bonds is 8. The van der Waals surface area contributed by atoms with Gasteiger partial charge in [0.25, 0.3) is 0 Å². The van der Waals surface area contributed by atoms with Crippen LogP contribution in [0.25, 0.3) is 0 Å². The monoisotopic (exact) mass is 403 g/mol. The molecule has 0 unspecified atom stereocenters. The number of thioether (sulfide) groups is 1. The number of nitrogens with zero attached hydrogens (tertiary/aromatic N) is 3. The molecule has 0 fully saturated rings. The van der Waals surface area contributed by atoms with E-state index in [4.69, 9.17) is 9.47 Å². The number of hydrogen-bond donors (Lipinski definition) is 1. The van der Waals surface area contributed by atoms with Gasteiger partial charge in [-0.25, -0.2) is 4.98 Å². The number of pyridine rings is 1. The quantitative estimate of drug-likeness (QED) is 0.226. The number of benzene rings is 1. The molecule has 0 bridgehead atoms. The Hall–Kier alpha value is -2.25. The predicted molar refractivity (Wildman–Crippen MR) is 114 cm³/mol. The van der Waals surface area contributed by atoms with E-state index in [1.54, 1.807) is 18.9 Å². The first-order valence-corrected chi connectivity index (χ1v) is 10.4. The lowest BCUT2D eigenvalue weighted by Gasteiger charge is -2.29. The second kappa shape index (κ2) is 10.3. The summed E-state index contributed by atoms with van der Waals surface area (Å²) >= 11 is 1.70. The number of methoxy groups -OCH3 is 1. The highest BCUT2D eigenvalue weighted by molar-refractivity contribution is 7.98. The number of hydrogen-bond acceptors (Lipinski definition) is 6. The molecule has 0 aliphatic rings. The van der Waals surface area contributed by atoms with Crippen LogP contribution in [0.5, 0.6) is 11.6 Å². The van der Waals surface area contributed by atoms with Gasteiger partial charge in [0.1, 0.15) is 5.75 Å². The van der Waals surface area contributed by atoms with Crippen molar-refractivity contribution in [3.8, 4) is 11.6 Å². The number of aromatic nitrogens is 1. The van der Waals surface area contributed by atoms with E-state index in [1.807, 2.05) is 62.3 Å². The van der Waals surface area contributed by atoms with E-state index >= 15 is 0 Å². The lowest BCUT2D eigenvalue weighted by molar-refractivity contribution is 0.164. The largest absolute Gasteiger partial charge is 0.438 e. The molecule has 7 heteroatoms.